The summed E-state index contributed by atoms with van der Waals surface area (Å²) in [4.78, 5) is 17.2. The lowest BCUT2D eigenvalue weighted by Crippen LogP contribution is -1.74. The molecule has 0 saturated carbocycles. The number of carbonyl (C=O) groups excluding carboxylic acids is 2. The van der Waals surface area contributed by atoms with Crippen LogP contribution in [0.5, 0.6) is 0 Å². The molecule has 82 valence electrons. The van der Waals surface area contributed by atoms with Gasteiger partial charge in [-0.15, -0.1) is 5.10 Å². The van der Waals surface area contributed by atoms with Crippen molar-refractivity contribution in [2.45, 2.75) is 9.92 Å². The number of aromatic nitrogens is 3. The van der Waals surface area contributed by atoms with Gasteiger partial charge in [0.1, 0.15) is 5.03 Å². The van der Waals surface area contributed by atoms with Crippen molar-refractivity contribution in [1.82, 2.24) is 15.4 Å². The summed E-state index contributed by atoms with van der Waals surface area (Å²) in [6.45, 7) is 0. The minimum absolute atomic E-state index is 0.250. The zero-order valence-electron chi connectivity index (χ0n) is 7.88. The van der Waals surface area contributed by atoms with Crippen LogP contribution in [0.25, 0.3) is 0 Å². The van der Waals surface area contributed by atoms with Crippen LogP contribution in [0.3, 0.4) is 0 Å². The second-order valence-electron chi connectivity index (χ2n) is 2.42. The van der Waals surface area contributed by atoms with Gasteiger partial charge >= 0.3 is 6.15 Å². The number of hydrogen-bond donors (Lipinski definition) is 1. The zero-order valence-corrected chi connectivity index (χ0v) is 9.46. The summed E-state index contributed by atoms with van der Waals surface area (Å²) in [7, 11) is 0. The molecule has 1 heterocycles. The number of aromatic amines is 1. The van der Waals surface area contributed by atoms with E-state index in [1.54, 1.807) is 6.20 Å². The van der Waals surface area contributed by atoms with E-state index in [-0.39, 0.29) is 6.15 Å². The fourth-order valence-corrected chi connectivity index (χ4v) is 1.86. The van der Waals surface area contributed by atoms with E-state index in [1.165, 1.54) is 11.8 Å². The van der Waals surface area contributed by atoms with Gasteiger partial charge in [-0.1, -0.05) is 35.5 Å². The Labute approximate surface area is 100 Å². The molecule has 0 aliphatic rings. The van der Waals surface area contributed by atoms with Crippen LogP contribution in [-0.2, 0) is 9.59 Å². The quantitative estimate of drug-likeness (QED) is 0.889. The minimum Gasteiger partial charge on any atom is -0.197 e. The molecule has 0 atom stereocenters. The first-order valence-electron chi connectivity index (χ1n) is 4.05. The smallest absolute Gasteiger partial charge is 0.197 e. The lowest BCUT2D eigenvalue weighted by molar-refractivity contribution is -0.191. The molecule has 0 radical (unpaired) electrons. The average Bonchev–Trinajstić information content (AvgIpc) is 2.75. The maximum Gasteiger partial charge on any atom is 0.373 e. The molecule has 0 amide bonds. The first-order chi connectivity index (χ1) is 7.77. The molecule has 0 fully saturated rings. The highest BCUT2D eigenvalue weighted by atomic mass is 35.5. The number of nitrogens with one attached hydrogen (secondary N) is 1. The lowest BCUT2D eigenvalue weighted by atomic mass is 10.4. The van der Waals surface area contributed by atoms with Gasteiger partial charge in [-0.3, -0.25) is 0 Å². The minimum atomic E-state index is 0.250. The van der Waals surface area contributed by atoms with Gasteiger partial charge in [0, 0.05) is 4.90 Å². The van der Waals surface area contributed by atoms with Gasteiger partial charge in [-0.2, -0.15) is 19.9 Å². The molecule has 1 aromatic carbocycles. The number of rotatable bonds is 2. The Morgan fingerprint density at radius 3 is 2.56 bits per heavy atom. The first kappa shape index (κ1) is 12.4. The van der Waals surface area contributed by atoms with Crippen LogP contribution >= 0.6 is 23.4 Å². The number of benzene rings is 1. The average molecular weight is 256 g/mol. The molecule has 0 unspecified atom stereocenters. The summed E-state index contributed by atoms with van der Waals surface area (Å²) in [5.41, 5.74) is 0. The van der Waals surface area contributed by atoms with E-state index >= 15 is 0 Å². The second kappa shape index (κ2) is 6.79. The van der Waals surface area contributed by atoms with Crippen molar-refractivity contribution < 1.29 is 9.59 Å². The molecule has 2 rings (SSSR count). The SMILES string of the molecule is Clc1ccccc1Sc1cn[nH]n1.O=C=O. The number of hydrogen-bond acceptors (Lipinski definition) is 5. The molecule has 0 bridgehead atoms. The van der Waals surface area contributed by atoms with Gasteiger partial charge in [-0.25, -0.2) is 0 Å². The van der Waals surface area contributed by atoms with Crippen molar-refractivity contribution in [1.29, 1.82) is 0 Å². The summed E-state index contributed by atoms with van der Waals surface area (Å²) >= 11 is 7.45. The Morgan fingerprint density at radius 2 is 2.00 bits per heavy atom. The maximum atomic E-state index is 8.12. The van der Waals surface area contributed by atoms with E-state index in [4.69, 9.17) is 21.2 Å². The van der Waals surface area contributed by atoms with E-state index < -0.39 is 0 Å². The largest absolute Gasteiger partial charge is 0.373 e. The Balaban J connectivity index is 0.000000386. The Kier molecular flexibility index (Phi) is 5.28. The zero-order chi connectivity index (χ0) is 11.8. The van der Waals surface area contributed by atoms with E-state index in [9.17, 15) is 0 Å². The summed E-state index contributed by atoms with van der Waals surface area (Å²) in [5, 5.41) is 11.7. The Morgan fingerprint density at radius 1 is 1.31 bits per heavy atom. The second-order valence-corrected chi connectivity index (χ2v) is 3.89. The maximum absolute atomic E-state index is 8.12. The number of halogens is 1. The van der Waals surface area contributed by atoms with Crippen molar-refractivity contribution in [2.75, 3.05) is 0 Å². The van der Waals surface area contributed by atoms with Gasteiger partial charge in [0.25, 0.3) is 0 Å². The van der Waals surface area contributed by atoms with E-state index in [0.29, 0.717) is 0 Å². The summed E-state index contributed by atoms with van der Waals surface area (Å²) in [6, 6.07) is 7.63. The van der Waals surface area contributed by atoms with Crippen LogP contribution < -0.4 is 0 Å². The number of H-pyrrole nitrogens is 1. The molecule has 0 saturated heterocycles. The summed E-state index contributed by atoms with van der Waals surface area (Å²) in [5.74, 6) is 0. The monoisotopic (exact) mass is 255 g/mol. The third-order valence-corrected chi connectivity index (χ3v) is 2.87. The van der Waals surface area contributed by atoms with Crippen LogP contribution in [0.15, 0.2) is 40.4 Å². The lowest BCUT2D eigenvalue weighted by Gasteiger charge is -1.98. The van der Waals surface area contributed by atoms with Crippen molar-refractivity contribution in [3.05, 3.63) is 35.5 Å². The molecule has 5 nitrogen and oxygen atoms in total. The van der Waals surface area contributed by atoms with E-state index in [1.807, 2.05) is 24.3 Å². The molecule has 1 aromatic heterocycles. The van der Waals surface area contributed by atoms with Gasteiger partial charge in [0.05, 0.1) is 11.2 Å². The molecule has 0 aliphatic heterocycles. The molecule has 2 aromatic rings. The van der Waals surface area contributed by atoms with Gasteiger partial charge < -0.3 is 0 Å². The highest BCUT2D eigenvalue weighted by Crippen LogP contribution is 2.30. The fourth-order valence-electron chi connectivity index (χ4n) is 0.880. The van der Waals surface area contributed by atoms with Crippen molar-refractivity contribution >= 4 is 29.5 Å². The molecular weight excluding hydrogens is 250 g/mol. The Bertz CT molecular complexity index is 469. The van der Waals surface area contributed by atoms with Crippen LogP contribution in [0, 0.1) is 0 Å². The van der Waals surface area contributed by atoms with Crippen molar-refractivity contribution in [3.63, 3.8) is 0 Å². The predicted molar refractivity (Wildman–Crippen MR) is 57.0 cm³/mol. The summed E-state index contributed by atoms with van der Waals surface area (Å²) < 4.78 is 0. The van der Waals surface area contributed by atoms with Gasteiger partial charge in [-0.05, 0) is 12.1 Å². The standard InChI is InChI=1S/C8H6ClN3S.CO2/c9-6-3-1-2-4-7(6)13-8-5-10-12-11-8;2-1-3/h1-5H,(H,10,11,12);. The molecule has 7 heteroatoms. The predicted octanol–water partition coefficient (Wildman–Crippen LogP) is 2.03. The fraction of sp³-hybridized carbons (Fsp3) is 0. The molecule has 1 N–H and O–H groups in total. The van der Waals surface area contributed by atoms with Crippen molar-refractivity contribution in [2.24, 2.45) is 0 Å². The first-order valence-corrected chi connectivity index (χ1v) is 5.24. The molecule has 0 aliphatic carbocycles. The van der Waals surface area contributed by atoms with Crippen LogP contribution in [0.1, 0.15) is 0 Å². The Hall–Kier alpha value is -1.62. The van der Waals surface area contributed by atoms with E-state index in [0.717, 1.165) is 14.9 Å². The van der Waals surface area contributed by atoms with Gasteiger partial charge in [0.15, 0.2) is 0 Å². The third-order valence-electron chi connectivity index (χ3n) is 1.44. The molecule has 0 spiro atoms. The normalized spacial score (nSPS) is 8.81. The van der Waals surface area contributed by atoms with Crippen LogP contribution in [0.2, 0.25) is 5.02 Å². The van der Waals surface area contributed by atoms with Crippen LogP contribution in [0.4, 0.5) is 0 Å². The van der Waals surface area contributed by atoms with Crippen molar-refractivity contribution in [3.8, 4) is 0 Å². The van der Waals surface area contributed by atoms with Crippen LogP contribution in [-0.4, -0.2) is 21.6 Å². The van der Waals surface area contributed by atoms with Gasteiger partial charge in [0.2, 0.25) is 0 Å². The van der Waals surface area contributed by atoms with E-state index in [2.05, 4.69) is 15.4 Å². The molecule has 16 heavy (non-hydrogen) atoms. The highest BCUT2D eigenvalue weighted by Gasteiger charge is 2.02. The molecular formula is C9H6ClN3O2S. The third kappa shape index (κ3) is 3.86. The highest BCUT2D eigenvalue weighted by molar-refractivity contribution is 7.99. The topological polar surface area (TPSA) is 75.7 Å². The summed E-state index contributed by atoms with van der Waals surface area (Å²) in [6.07, 6.45) is 1.91. The number of nitrogens with zero attached hydrogens (tertiary/aromatic N) is 2.